The van der Waals surface area contributed by atoms with Gasteiger partial charge in [0.15, 0.2) is 0 Å². The molecule has 2 rings (SSSR count). The van der Waals surface area contributed by atoms with Crippen LogP contribution in [0, 0.1) is 5.82 Å². The van der Waals surface area contributed by atoms with E-state index in [1.54, 1.807) is 6.07 Å². The van der Waals surface area contributed by atoms with Crippen LogP contribution in [0.2, 0.25) is 4.34 Å². The maximum Gasteiger partial charge on any atom is 0.126 e. The first kappa shape index (κ1) is 7.83. The molecule has 1 aromatic heterocycles. The van der Waals surface area contributed by atoms with E-state index in [0.29, 0.717) is 10.0 Å². The van der Waals surface area contributed by atoms with E-state index >= 15 is 0 Å². The third-order valence-corrected chi connectivity index (χ3v) is 2.82. The van der Waals surface area contributed by atoms with Crippen molar-refractivity contribution in [2.45, 2.75) is 0 Å². The summed E-state index contributed by atoms with van der Waals surface area (Å²) in [6.45, 7) is 0. The van der Waals surface area contributed by atoms with Gasteiger partial charge in [0, 0.05) is 15.8 Å². The van der Waals surface area contributed by atoms with Crippen molar-refractivity contribution in [2.75, 3.05) is 5.73 Å². The predicted molar refractivity (Wildman–Crippen MR) is 51.2 cm³/mol. The van der Waals surface area contributed by atoms with Crippen molar-refractivity contribution in [1.29, 1.82) is 0 Å². The highest BCUT2D eigenvalue weighted by molar-refractivity contribution is 7.22. The first-order valence-electron chi connectivity index (χ1n) is 3.31. The molecule has 0 aliphatic carbocycles. The second kappa shape index (κ2) is 2.61. The van der Waals surface area contributed by atoms with Crippen LogP contribution < -0.4 is 5.73 Å². The predicted octanol–water partition coefficient (Wildman–Crippen LogP) is 3.28. The molecule has 2 N–H and O–H groups in total. The molecule has 0 saturated carbocycles. The van der Waals surface area contributed by atoms with Crippen molar-refractivity contribution in [2.24, 2.45) is 0 Å². The number of thiophene rings is 1. The van der Waals surface area contributed by atoms with Crippen LogP contribution in [0.15, 0.2) is 18.2 Å². The summed E-state index contributed by atoms with van der Waals surface area (Å²) in [5.41, 5.74) is 6.02. The number of fused-ring (bicyclic) bond motifs is 1. The van der Waals surface area contributed by atoms with Crippen LogP contribution in [0.3, 0.4) is 0 Å². The summed E-state index contributed by atoms with van der Waals surface area (Å²) in [6, 6.07) is 4.48. The molecular formula is C8H5ClFNS. The smallest absolute Gasteiger partial charge is 0.126 e. The van der Waals surface area contributed by atoms with Crippen LogP contribution in [0.4, 0.5) is 10.1 Å². The van der Waals surface area contributed by atoms with Crippen LogP contribution in [-0.4, -0.2) is 0 Å². The van der Waals surface area contributed by atoms with Gasteiger partial charge in [0.05, 0.1) is 4.34 Å². The molecular weight excluding hydrogens is 197 g/mol. The van der Waals surface area contributed by atoms with Crippen molar-refractivity contribution >= 4 is 38.7 Å². The summed E-state index contributed by atoms with van der Waals surface area (Å²) >= 11 is 7.07. The number of nitrogen functional groups attached to an aromatic ring is 1. The van der Waals surface area contributed by atoms with Crippen molar-refractivity contribution < 1.29 is 4.39 Å². The van der Waals surface area contributed by atoms with Gasteiger partial charge in [0.1, 0.15) is 5.82 Å². The van der Waals surface area contributed by atoms with E-state index in [-0.39, 0.29) is 5.82 Å². The molecule has 1 aromatic carbocycles. The first-order valence-corrected chi connectivity index (χ1v) is 4.50. The number of rotatable bonds is 0. The van der Waals surface area contributed by atoms with Gasteiger partial charge < -0.3 is 5.73 Å². The lowest BCUT2D eigenvalue weighted by Crippen LogP contribution is -1.85. The molecule has 62 valence electrons. The van der Waals surface area contributed by atoms with Gasteiger partial charge in [-0.2, -0.15) is 0 Å². The summed E-state index contributed by atoms with van der Waals surface area (Å²) in [6.07, 6.45) is 0. The van der Waals surface area contributed by atoms with Gasteiger partial charge in [-0.1, -0.05) is 11.6 Å². The van der Waals surface area contributed by atoms with Crippen molar-refractivity contribution in [3.63, 3.8) is 0 Å². The lowest BCUT2D eigenvalue weighted by Gasteiger charge is -1.94. The highest BCUT2D eigenvalue weighted by Gasteiger charge is 2.04. The Hall–Kier alpha value is -0.800. The van der Waals surface area contributed by atoms with Crippen molar-refractivity contribution in [1.82, 2.24) is 0 Å². The Bertz CT molecular complexity index is 438. The Morgan fingerprint density at radius 2 is 2.08 bits per heavy atom. The molecule has 0 saturated heterocycles. The number of benzene rings is 1. The minimum atomic E-state index is -0.321. The van der Waals surface area contributed by atoms with Crippen molar-refractivity contribution in [3.8, 4) is 0 Å². The summed E-state index contributed by atoms with van der Waals surface area (Å²) in [5, 5.41) is 0.825. The van der Waals surface area contributed by atoms with Gasteiger partial charge >= 0.3 is 0 Å². The maximum atomic E-state index is 12.8. The van der Waals surface area contributed by atoms with Gasteiger partial charge in [-0.3, -0.25) is 0 Å². The van der Waals surface area contributed by atoms with Crippen LogP contribution in [0.5, 0.6) is 0 Å². The Labute approximate surface area is 77.6 Å². The monoisotopic (exact) mass is 201 g/mol. The van der Waals surface area contributed by atoms with Crippen LogP contribution in [0.25, 0.3) is 10.1 Å². The molecule has 0 atom stereocenters. The van der Waals surface area contributed by atoms with E-state index in [0.717, 1.165) is 10.1 Å². The zero-order chi connectivity index (χ0) is 8.72. The average Bonchev–Trinajstić information content (AvgIpc) is 2.29. The quantitative estimate of drug-likeness (QED) is 0.651. The van der Waals surface area contributed by atoms with E-state index in [2.05, 4.69) is 0 Å². The number of hydrogen-bond donors (Lipinski definition) is 1. The third-order valence-electron chi connectivity index (χ3n) is 1.60. The standard InChI is InChI=1S/C8H5ClFNS/c9-8-3-5-6(11)1-4(10)2-7(5)12-8/h1-3H,11H2. The van der Waals surface area contributed by atoms with Gasteiger partial charge in [-0.15, -0.1) is 11.3 Å². The molecule has 0 aliphatic heterocycles. The van der Waals surface area contributed by atoms with Gasteiger partial charge in [-0.25, -0.2) is 4.39 Å². The normalized spacial score (nSPS) is 10.8. The van der Waals surface area contributed by atoms with Crippen LogP contribution >= 0.6 is 22.9 Å². The summed E-state index contributed by atoms with van der Waals surface area (Å²) in [5.74, 6) is -0.321. The molecule has 1 nitrogen and oxygen atoms in total. The molecule has 1 heterocycles. The average molecular weight is 202 g/mol. The number of hydrogen-bond acceptors (Lipinski definition) is 2. The summed E-state index contributed by atoms with van der Waals surface area (Å²) < 4.78 is 14.2. The van der Waals surface area contributed by atoms with Gasteiger partial charge in [-0.05, 0) is 18.2 Å². The molecule has 12 heavy (non-hydrogen) atoms. The molecule has 2 aromatic rings. The van der Waals surface area contributed by atoms with Gasteiger partial charge in [0.25, 0.3) is 0 Å². The first-order chi connectivity index (χ1) is 5.66. The second-order valence-corrected chi connectivity index (χ2v) is 4.17. The second-order valence-electron chi connectivity index (χ2n) is 2.46. The lowest BCUT2D eigenvalue weighted by atomic mass is 10.2. The molecule has 4 heteroatoms. The number of halogens is 2. The SMILES string of the molecule is Nc1cc(F)cc2sc(Cl)cc12. The molecule has 0 aliphatic rings. The molecule has 0 spiro atoms. The Morgan fingerprint density at radius 3 is 2.83 bits per heavy atom. The highest BCUT2D eigenvalue weighted by Crippen LogP contribution is 2.33. The molecule has 0 radical (unpaired) electrons. The maximum absolute atomic E-state index is 12.8. The fourth-order valence-corrected chi connectivity index (χ4v) is 2.30. The summed E-state index contributed by atoms with van der Waals surface area (Å²) in [7, 11) is 0. The van der Waals surface area contributed by atoms with E-state index in [4.69, 9.17) is 17.3 Å². The van der Waals surface area contributed by atoms with E-state index in [1.165, 1.54) is 23.5 Å². The van der Waals surface area contributed by atoms with E-state index < -0.39 is 0 Å². The Balaban J connectivity index is 2.88. The van der Waals surface area contributed by atoms with E-state index in [1.807, 2.05) is 0 Å². The summed E-state index contributed by atoms with van der Waals surface area (Å²) in [4.78, 5) is 0. The Morgan fingerprint density at radius 1 is 1.33 bits per heavy atom. The zero-order valence-electron chi connectivity index (χ0n) is 5.97. The number of anilines is 1. The van der Waals surface area contributed by atoms with Gasteiger partial charge in [0.2, 0.25) is 0 Å². The fourth-order valence-electron chi connectivity index (χ4n) is 1.10. The molecule has 0 bridgehead atoms. The minimum Gasteiger partial charge on any atom is -0.398 e. The topological polar surface area (TPSA) is 26.0 Å². The third kappa shape index (κ3) is 1.15. The van der Waals surface area contributed by atoms with Crippen LogP contribution in [-0.2, 0) is 0 Å². The minimum absolute atomic E-state index is 0.321. The van der Waals surface area contributed by atoms with E-state index in [9.17, 15) is 4.39 Å². The van der Waals surface area contributed by atoms with Crippen molar-refractivity contribution in [3.05, 3.63) is 28.4 Å². The largest absolute Gasteiger partial charge is 0.398 e. The molecule has 0 unspecified atom stereocenters. The zero-order valence-corrected chi connectivity index (χ0v) is 7.55. The lowest BCUT2D eigenvalue weighted by molar-refractivity contribution is 0.630. The molecule has 0 amide bonds. The fraction of sp³-hybridized carbons (Fsp3) is 0. The van der Waals surface area contributed by atoms with Crippen LogP contribution in [0.1, 0.15) is 0 Å². The molecule has 0 fully saturated rings. The highest BCUT2D eigenvalue weighted by atomic mass is 35.5. The number of nitrogens with two attached hydrogens (primary N) is 1. The Kier molecular flexibility index (Phi) is 1.70.